The minimum Gasteiger partial charge on any atom is -0.454 e. The lowest BCUT2D eigenvalue weighted by atomic mass is 9.74. The Balaban J connectivity index is 1.87. The third-order valence-electron chi connectivity index (χ3n) is 4.28. The standard InChI is InChI=1S/C15H21N3O3/c1-17-14(16)18-9-15(4-6-19-7-5-15)11-2-3-12-13(8-11)21-10-20-12/h2-3,8H,4-7,9-10H2,1H3,(H3,16,17,18). The molecule has 0 amide bonds. The van der Waals surface area contributed by atoms with Crippen LogP contribution in [0.2, 0.25) is 0 Å². The normalized spacial score (nSPS) is 20.3. The molecule has 0 spiro atoms. The molecule has 0 aliphatic carbocycles. The molecule has 3 rings (SSSR count). The fourth-order valence-corrected chi connectivity index (χ4v) is 2.89. The number of benzene rings is 1. The quantitative estimate of drug-likeness (QED) is 0.641. The molecule has 2 heterocycles. The molecule has 0 aromatic heterocycles. The van der Waals surface area contributed by atoms with Gasteiger partial charge in [-0.25, -0.2) is 0 Å². The van der Waals surface area contributed by atoms with Crippen molar-refractivity contribution < 1.29 is 14.2 Å². The molecule has 0 atom stereocenters. The summed E-state index contributed by atoms with van der Waals surface area (Å²) in [7, 11) is 1.68. The molecule has 6 nitrogen and oxygen atoms in total. The van der Waals surface area contributed by atoms with Gasteiger partial charge in [0.05, 0.1) is 0 Å². The lowest BCUT2D eigenvalue weighted by Crippen LogP contribution is -2.46. The summed E-state index contributed by atoms with van der Waals surface area (Å²) in [5, 5.41) is 3.21. The highest BCUT2D eigenvalue weighted by molar-refractivity contribution is 5.77. The van der Waals surface area contributed by atoms with Crippen LogP contribution >= 0.6 is 0 Å². The summed E-state index contributed by atoms with van der Waals surface area (Å²) < 4.78 is 16.4. The van der Waals surface area contributed by atoms with E-state index in [9.17, 15) is 0 Å². The van der Waals surface area contributed by atoms with Crippen molar-refractivity contribution in [1.29, 1.82) is 0 Å². The highest BCUT2D eigenvalue weighted by atomic mass is 16.7. The third kappa shape index (κ3) is 2.76. The molecule has 1 aromatic carbocycles. The number of hydrogen-bond donors (Lipinski definition) is 2. The van der Waals surface area contributed by atoms with Crippen LogP contribution in [0.3, 0.4) is 0 Å². The van der Waals surface area contributed by atoms with E-state index in [-0.39, 0.29) is 5.41 Å². The first-order valence-electron chi connectivity index (χ1n) is 7.17. The molecule has 3 N–H and O–H groups in total. The summed E-state index contributed by atoms with van der Waals surface area (Å²) in [5.74, 6) is 2.08. The van der Waals surface area contributed by atoms with Crippen molar-refractivity contribution in [3.8, 4) is 11.5 Å². The first-order chi connectivity index (χ1) is 10.2. The van der Waals surface area contributed by atoms with Gasteiger partial charge in [-0.15, -0.1) is 0 Å². The summed E-state index contributed by atoms with van der Waals surface area (Å²) in [6.45, 7) is 2.53. The van der Waals surface area contributed by atoms with Gasteiger partial charge in [-0.1, -0.05) is 6.07 Å². The molecule has 6 heteroatoms. The number of nitrogens with zero attached hydrogens (tertiary/aromatic N) is 1. The maximum Gasteiger partial charge on any atom is 0.231 e. The van der Waals surface area contributed by atoms with Gasteiger partial charge in [-0.3, -0.25) is 4.99 Å². The average Bonchev–Trinajstić information content (AvgIpc) is 3.01. The van der Waals surface area contributed by atoms with Crippen LogP contribution in [0.15, 0.2) is 23.2 Å². The Labute approximate surface area is 124 Å². The Morgan fingerprint density at radius 3 is 2.81 bits per heavy atom. The van der Waals surface area contributed by atoms with E-state index in [1.165, 1.54) is 5.56 Å². The van der Waals surface area contributed by atoms with E-state index in [4.69, 9.17) is 19.9 Å². The predicted molar refractivity (Wildman–Crippen MR) is 79.8 cm³/mol. The second kappa shape index (κ2) is 5.81. The summed E-state index contributed by atoms with van der Waals surface area (Å²) in [5.41, 5.74) is 6.99. The zero-order valence-electron chi connectivity index (χ0n) is 12.2. The smallest absolute Gasteiger partial charge is 0.231 e. The number of nitrogens with two attached hydrogens (primary N) is 1. The van der Waals surface area contributed by atoms with Gasteiger partial charge in [-0.05, 0) is 30.5 Å². The number of fused-ring (bicyclic) bond motifs is 1. The summed E-state index contributed by atoms with van der Waals surface area (Å²) in [4.78, 5) is 3.96. The molecule has 21 heavy (non-hydrogen) atoms. The van der Waals surface area contributed by atoms with Crippen molar-refractivity contribution in [1.82, 2.24) is 5.32 Å². The number of nitrogens with one attached hydrogen (secondary N) is 1. The maximum atomic E-state index is 5.78. The molecule has 1 fully saturated rings. The van der Waals surface area contributed by atoms with Gasteiger partial charge in [0.1, 0.15) is 0 Å². The highest BCUT2D eigenvalue weighted by Crippen LogP contribution is 2.40. The van der Waals surface area contributed by atoms with E-state index in [0.29, 0.717) is 12.8 Å². The minimum absolute atomic E-state index is 0.0193. The molecule has 1 aromatic rings. The molecule has 0 unspecified atom stereocenters. The molecular formula is C15H21N3O3. The molecule has 0 radical (unpaired) electrons. The highest BCUT2D eigenvalue weighted by Gasteiger charge is 2.35. The van der Waals surface area contributed by atoms with Crippen LogP contribution in [0.4, 0.5) is 0 Å². The van der Waals surface area contributed by atoms with Gasteiger partial charge in [-0.2, -0.15) is 0 Å². The van der Waals surface area contributed by atoms with E-state index in [1.54, 1.807) is 7.05 Å². The number of ether oxygens (including phenoxy) is 3. The summed E-state index contributed by atoms with van der Waals surface area (Å²) in [6, 6.07) is 6.17. The molecule has 2 aliphatic heterocycles. The minimum atomic E-state index is -0.0193. The average molecular weight is 291 g/mol. The first-order valence-corrected chi connectivity index (χ1v) is 7.17. The third-order valence-corrected chi connectivity index (χ3v) is 4.28. The van der Waals surface area contributed by atoms with Crippen LogP contribution in [0.5, 0.6) is 11.5 Å². The van der Waals surface area contributed by atoms with Gasteiger partial charge in [0.2, 0.25) is 6.79 Å². The van der Waals surface area contributed by atoms with Crippen molar-refractivity contribution in [2.75, 3.05) is 33.6 Å². The molecule has 0 saturated carbocycles. The Hall–Kier alpha value is -1.95. The fraction of sp³-hybridized carbons (Fsp3) is 0.533. The zero-order valence-corrected chi connectivity index (χ0v) is 12.2. The van der Waals surface area contributed by atoms with E-state index in [0.717, 1.165) is 44.1 Å². The second-order valence-corrected chi connectivity index (χ2v) is 5.42. The Bertz CT molecular complexity index is 539. The SMILES string of the molecule is CN=C(N)NCC1(c2ccc3c(c2)OCO3)CCOCC1. The lowest BCUT2D eigenvalue weighted by molar-refractivity contribution is 0.0513. The largest absolute Gasteiger partial charge is 0.454 e. The number of rotatable bonds is 3. The number of hydrogen-bond acceptors (Lipinski definition) is 4. The fourth-order valence-electron chi connectivity index (χ4n) is 2.89. The monoisotopic (exact) mass is 291 g/mol. The summed E-state index contributed by atoms with van der Waals surface area (Å²) >= 11 is 0. The van der Waals surface area contributed by atoms with Crippen LogP contribution in [-0.4, -0.2) is 39.6 Å². The number of aliphatic imine (C=N–C) groups is 1. The van der Waals surface area contributed by atoms with Crippen LogP contribution in [-0.2, 0) is 10.2 Å². The van der Waals surface area contributed by atoms with E-state index < -0.39 is 0 Å². The second-order valence-electron chi connectivity index (χ2n) is 5.42. The van der Waals surface area contributed by atoms with Crippen molar-refractivity contribution in [3.63, 3.8) is 0 Å². The van der Waals surface area contributed by atoms with Gasteiger partial charge in [0.15, 0.2) is 17.5 Å². The molecular weight excluding hydrogens is 270 g/mol. The van der Waals surface area contributed by atoms with E-state index in [2.05, 4.69) is 22.4 Å². The first kappa shape index (κ1) is 14.0. The van der Waals surface area contributed by atoms with Gasteiger partial charge < -0.3 is 25.3 Å². The number of guanidine groups is 1. The van der Waals surface area contributed by atoms with Crippen LogP contribution in [0.25, 0.3) is 0 Å². The Kier molecular flexibility index (Phi) is 3.88. The predicted octanol–water partition coefficient (Wildman–Crippen LogP) is 0.998. The summed E-state index contributed by atoms with van der Waals surface area (Å²) in [6.07, 6.45) is 1.88. The van der Waals surface area contributed by atoms with Crippen molar-refractivity contribution in [3.05, 3.63) is 23.8 Å². The zero-order chi connectivity index (χ0) is 14.7. The van der Waals surface area contributed by atoms with Crippen LogP contribution < -0.4 is 20.5 Å². The van der Waals surface area contributed by atoms with Gasteiger partial charge in [0.25, 0.3) is 0 Å². The van der Waals surface area contributed by atoms with Crippen molar-refractivity contribution in [2.45, 2.75) is 18.3 Å². The van der Waals surface area contributed by atoms with Crippen molar-refractivity contribution in [2.24, 2.45) is 10.7 Å². The van der Waals surface area contributed by atoms with Gasteiger partial charge >= 0.3 is 0 Å². The topological polar surface area (TPSA) is 78.1 Å². The molecule has 114 valence electrons. The van der Waals surface area contributed by atoms with Crippen LogP contribution in [0.1, 0.15) is 18.4 Å². The maximum absolute atomic E-state index is 5.78. The Morgan fingerprint density at radius 1 is 1.29 bits per heavy atom. The van der Waals surface area contributed by atoms with Crippen LogP contribution in [0, 0.1) is 0 Å². The van der Waals surface area contributed by atoms with Gasteiger partial charge in [0, 0.05) is 32.2 Å². The molecule has 1 saturated heterocycles. The molecule has 0 bridgehead atoms. The molecule has 2 aliphatic rings. The lowest BCUT2D eigenvalue weighted by Gasteiger charge is -2.38. The van der Waals surface area contributed by atoms with E-state index >= 15 is 0 Å². The van der Waals surface area contributed by atoms with Crippen molar-refractivity contribution >= 4 is 5.96 Å². The Morgan fingerprint density at radius 2 is 2.05 bits per heavy atom. The van der Waals surface area contributed by atoms with E-state index in [1.807, 2.05) is 6.07 Å².